The van der Waals surface area contributed by atoms with Crippen molar-refractivity contribution in [1.82, 2.24) is 5.32 Å². The molecule has 1 unspecified atom stereocenters. The first-order valence-electron chi connectivity index (χ1n) is 5.28. The number of sulfone groups is 1. The van der Waals surface area contributed by atoms with Gasteiger partial charge >= 0.3 is 0 Å². The fraction of sp³-hybridized carbons (Fsp3) is 1.00. The maximum Gasteiger partial charge on any atom is 0.154 e. The Bertz CT molecular complexity index is 296. The first-order valence-corrected chi connectivity index (χ1v) is 7.00. The van der Waals surface area contributed by atoms with Crippen LogP contribution in [0.3, 0.4) is 0 Å². The van der Waals surface area contributed by atoms with Crippen molar-refractivity contribution in [3.05, 3.63) is 0 Å². The van der Waals surface area contributed by atoms with E-state index in [1.807, 2.05) is 0 Å². The van der Waals surface area contributed by atoms with Gasteiger partial charge in [0.05, 0.1) is 11.0 Å². The lowest BCUT2D eigenvalue weighted by molar-refractivity contribution is 0.292. The summed E-state index contributed by atoms with van der Waals surface area (Å²) < 4.78 is 23.0. The second-order valence-corrected chi connectivity index (χ2v) is 6.87. The van der Waals surface area contributed by atoms with Crippen LogP contribution >= 0.6 is 0 Å². The maximum atomic E-state index is 11.5. The zero-order valence-electron chi connectivity index (χ0n) is 8.28. The molecule has 1 saturated carbocycles. The van der Waals surface area contributed by atoms with E-state index in [2.05, 4.69) is 5.32 Å². The number of hydrogen-bond donors (Lipinski definition) is 2. The molecule has 5 heteroatoms. The zero-order chi connectivity index (χ0) is 10.2. The summed E-state index contributed by atoms with van der Waals surface area (Å²) in [6.07, 6.45) is 3.65. The molecule has 4 nitrogen and oxygen atoms in total. The number of nitrogens with one attached hydrogen (secondary N) is 1. The summed E-state index contributed by atoms with van der Waals surface area (Å²) in [5, 5.41) is 3.15. The van der Waals surface area contributed by atoms with Gasteiger partial charge in [0.2, 0.25) is 0 Å². The summed E-state index contributed by atoms with van der Waals surface area (Å²) in [7, 11) is -2.77. The van der Waals surface area contributed by atoms with Crippen molar-refractivity contribution in [2.24, 2.45) is 5.73 Å². The van der Waals surface area contributed by atoms with Crippen LogP contribution in [0.25, 0.3) is 0 Å². The lowest BCUT2D eigenvalue weighted by atomic mass is 9.87. The Hall–Kier alpha value is -0.130. The van der Waals surface area contributed by atoms with E-state index in [0.717, 1.165) is 25.7 Å². The van der Waals surface area contributed by atoms with Crippen LogP contribution in [-0.2, 0) is 9.84 Å². The molecule has 0 aromatic rings. The average Bonchev–Trinajstić information content (AvgIpc) is 2.37. The molecule has 2 aliphatic rings. The summed E-state index contributed by atoms with van der Waals surface area (Å²) in [4.78, 5) is 0. The molecule has 0 aromatic heterocycles. The molecule has 1 saturated heterocycles. The van der Waals surface area contributed by atoms with Crippen molar-refractivity contribution in [3.8, 4) is 0 Å². The predicted octanol–water partition coefficient (Wildman–Crippen LogP) is -0.357. The zero-order valence-corrected chi connectivity index (χ0v) is 9.09. The summed E-state index contributed by atoms with van der Waals surface area (Å²) in [5.74, 6) is 0.378. The Morgan fingerprint density at radius 2 is 2.07 bits per heavy atom. The third kappa shape index (κ3) is 2.10. The van der Waals surface area contributed by atoms with E-state index in [-0.39, 0.29) is 5.25 Å². The Balaban J connectivity index is 1.76. The topological polar surface area (TPSA) is 72.2 Å². The molecule has 1 aliphatic carbocycles. The van der Waals surface area contributed by atoms with E-state index in [1.54, 1.807) is 0 Å². The van der Waals surface area contributed by atoms with Crippen LogP contribution in [0.5, 0.6) is 0 Å². The van der Waals surface area contributed by atoms with Gasteiger partial charge in [-0.2, -0.15) is 0 Å². The molecule has 0 amide bonds. The average molecular weight is 218 g/mol. The summed E-state index contributed by atoms with van der Waals surface area (Å²) in [5.41, 5.74) is 5.65. The molecule has 82 valence electrons. The molecular formula is C9H18N2O2S. The van der Waals surface area contributed by atoms with Crippen LogP contribution in [0, 0.1) is 0 Å². The fourth-order valence-corrected chi connectivity index (χ4v) is 3.99. The summed E-state index contributed by atoms with van der Waals surface area (Å²) in [6.45, 7) is 0.625. The van der Waals surface area contributed by atoms with E-state index in [4.69, 9.17) is 5.73 Å². The van der Waals surface area contributed by atoms with Crippen LogP contribution < -0.4 is 11.1 Å². The van der Waals surface area contributed by atoms with Crippen molar-refractivity contribution in [3.63, 3.8) is 0 Å². The van der Waals surface area contributed by atoms with E-state index < -0.39 is 9.84 Å². The standard InChI is InChI=1S/C9H18N2O2S/c10-7-4-8(5-7)11-6-9-2-1-3-14(9,12)13/h7-9,11H,1-6,10H2. The number of rotatable bonds is 3. The Morgan fingerprint density at radius 3 is 2.57 bits per heavy atom. The highest BCUT2D eigenvalue weighted by Gasteiger charge is 2.33. The van der Waals surface area contributed by atoms with E-state index in [1.165, 1.54) is 0 Å². The Labute approximate surface area is 85.2 Å². The van der Waals surface area contributed by atoms with Gasteiger partial charge in [0, 0.05) is 18.6 Å². The largest absolute Gasteiger partial charge is 0.328 e. The molecule has 0 radical (unpaired) electrons. The van der Waals surface area contributed by atoms with Crippen molar-refractivity contribution in [1.29, 1.82) is 0 Å². The molecule has 0 aromatic carbocycles. The highest BCUT2D eigenvalue weighted by atomic mass is 32.2. The predicted molar refractivity (Wildman–Crippen MR) is 55.8 cm³/mol. The third-order valence-corrected chi connectivity index (χ3v) is 5.55. The maximum absolute atomic E-state index is 11.5. The van der Waals surface area contributed by atoms with Gasteiger partial charge in [-0.15, -0.1) is 0 Å². The lowest BCUT2D eigenvalue weighted by Gasteiger charge is -2.33. The lowest BCUT2D eigenvalue weighted by Crippen LogP contribution is -2.50. The first-order chi connectivity index (χ1) is 6.58. The molecule has 2 fully saturated rings. The van der Waals surface area contributed by atoms with Crippen LogP contribution in [0.15, 0.2) is 0 Å². The second kappa shape index (κ2) is 3.79. The molecule has 14 heavy (non-hydrogen) atoms. The smallest absolute Gasteiger partial charge is 0.154 e. The quantitative estimate of drug-likeness (QED) is 0.679. The molecule has 1 heterocycles. The number of nitrogens with two attached hydrogens (primary N) is 1. The summed E-state index contributed by atoms with van der Waals surface area (Å²) >= 11 is 0. The molecule has 0 spiro atoms. The minimum atomic E-state index is -2.77. The number of hydrogen-bond acceptors (Lipinski definition) is 4. The van der Waals surface area contributed by atoms with Crippen LogP contribution in [0.2, 0.25) is 0 Å². The van der Waals surface area contributed by atoms with Crippen molar-refractivity contribution < 1.29 is 8.42 Å². The minimum absolute atomic E-state index is 0.140. The van der Waals surface area contributed by atoms with Crippen LogP contribution in [-0.4, -0.2) is 38.0 Å². The van der Waals surface area contributed by atoms with Crippen molar-refractivity contribution >= 4 is 9.84 Å². The Kier molecular flexibility index (Phi) is 2.81. The molecule has 1 atom stereocenters. The highest BCUT2D eigenvalue weighted by Crippen LogP contribution is 2.21. The van der Waals surface area contributed by atoms with Crippen molar-refractivity contribution in [2.75, 3.05) is 12.3 Å². The molecule has 2 rings (SSSR count). The second-order valence-electron chi connectivity index (χ2n) is 4.47. The third-order valence-electron chi connectivity index (χ3n) is 3.27. The normalized spacial score (nSPS) is 40.8. The van der Waals surface area contributed by atoms with Gasteiger partial charge in [0.15, 0.2) is 9.84 Å². The highest BCUT2D eigenvalue weighted by molar-refractivity contribution is 7.92. The molecule has 0 bridgehead atoms. The SMILES string of the molecule is NC1CC(NCC2CCCS2(=O)=O)C1. The van der Waals surface area contributed by atoms with Crippen LogP contribution in [0.1, 0.15) is 25.7 Å². The molecule has 1 aliphatic heterocycles. The van der Waals surface area contributed by atoms with Gasteiger partial charge in [-0.1, -0.05) is 0 Å². The van der Waals surface area contributed by atoms with Gasteiger partial charge in [-0.05, 0) is 25.7 Å². The minimum Gasteiger partial charge on any atom is -0.328 e. The van der Waals surface area contributed by atoms with E-state index in [0.29, 0.717) is 24.4 Å². The van der Waals surface area contributed by atoms with E-state index in [9.17, 15) is 8.42 Å². The van der Waals surface area contributed by atoms with Gasteiger partial charge in [-0.25, -0.2) is 8.42 Å². The molecular weight excluding hydrogens is 200 g/mol. The first kappa shape index (κ1) is 10.4. The summed E-state index contributed by atoms with van der Waals surface area (Å²) in [6, 6.07) is 0.786. The van der Waals surface area contributed by atoms with Gasteiger partial charge < -0.3 is 11.1 Å². The van der Waals surface area contributed by atoms with Gasteiger partial charge in [0.1, 0.15) is 0 Å². The van der Waals surface area contributed by atoms with Crippen molar-refractivity contribution in [2.45, 2.75) is 43.0 Å². The Morgan fingerprint density at radius 1 is 1.36 bits per heavy atom. The van der Waals surface area contributed by atoms with Crippen LogP contribution in [0.4, 0.5) is 0 Å². The molecule has 3 N–H and O–H groups in total. The van der Waals surface area contributed by atoms with Gasteiger partial charge in [0.25, 0.3) is 0 Å². The van der Waals surface area contributed by atoms with Gasteiger partial charge in [-0.3, -0.25) is 0 Å². The van der Waals surface area contributed by atoms with E-state index >= 15 is 0 Å². The monoisotopic (exact) mass is 218 g/mol. The fourth-order valence-electron chi connectivity index (χ4n) is 2.21.